The van der Waals surface area contributed by atoms with Crippen LogP contribution in [0.1, 0.15) is 17.6 Å². The highest BCUT2D eigenvalue weighted by Crippen LogP contribution is 2.27. The van der Waals surface area contributed by atoms with E-state index in [-0.39, 0.29) is 23.4 Å². The fourth-order valence-corrected chi connectivity index (χ4v) is 1.81. The lowest BCUT2D eigenvalue weighted by molar-refractivity contribution is 0.150. The third-order valence-electron chi connectivity index (χ3n) is 1.62. The summed E-state index contributed by atoms with van der Waals surface area (Å²) in [7, 11) is 0. The number of hydrogen-bond donors (Lipinski definition) is 1. The molecule has 0 spiro atoms. The number of halogens is 3. The van der Waals surface area contributed by atoms with Gasteiger partial charge in [-0.05, 0) is 28.7 Å². The van der Waals surface area contributed by atoms with Crippen LogP contribution < -0.4 is 5.73 Å². The molecule has 0 radical (unpaired) electrons. The number of anilines is 1. The molecule has 74 valence electrons. The zero-order valence-electron chi connectivity index (χ0n) is 6.97. The van der Waals surface area contributed by atoms with Gasteiger partial charge in [0.05, 0.1) is 12.5 Å². The maximum Gasteiger partial charge on any atom is 0.264 e. The molecule has 1 heterocycles. The molecular weight excluding hydrogens is 303 g/mol. The molecule has 0 aliphatic rings. The van der Waals surface area contributed by atoms with Crippen molar-refractivity contribution >= 4 is 28.4 Å². The molecule has 1 aromatic rings. The number of pyridine rings is 1. The summed E-state index contributed by atoms with van der Waals surface area (Å²) in [5, 5.41) is 8.46. The van der Waals surface area contributed by atoms with E-state index in [9.17, 15) is 8.78 Å². The predicted molar refractivity (Wildman–Crippen MR) is 55.6 cm³/mol. The van der Waals surface area contributed by atoms with Gasteiger partial charge in [0, 0.05) is 11.1 Å². The SMILES string of the molecule is N#CCc1c(C(F)F)cc(N)nc1I. The predicted octanol–water partition coefficient (Wildman–Crippen LogP) is 2.27. The molecule has 2 N–H and O–H groups in total. The van der Waals surface area contributed by atoms with Gasteiger partial charge in [-0.15, -0.1) is 0 Å². The van der Waals surface area contributed by atoms with Crippen molar-refractivity contribution in [2.24, 2.45) is 0 Å². The van der Waals surface area contributed by atoms with Crippen molar-refractivity contribution in [3.05, 3.63) is 20.9 Å². The van der Waals surface area contributed by atoms with E-state index >= 15 is 0 Å². The number of nitrogens with two attached hydrogens (primary N) is 1. The fraction of sp³-hybridized carbons (Fsp3) is 0.250. The van der Waals surface area contributed by atoms with E-state index in [0.29, 0.717) is 3.70 Å². The number of rotatable bonds is 2. The van der Waals surface area contributed by atoms with Crippen molar-refractivity contribution in [2.75, 3.05) is 5.73 Å². The lowest BCUT2D eigenvalue weighted by Crippen LogP contribution is -2.03. The van der Waals surface area contributed by atoms with E-state index in [1.807, 2.05) is 6.07 Å². The molecule has 1 rings (SSSR count). The Labute approximate surface area is 93.1 Å². The minimum Gasteiger partial charge on any atom is -0.384 e. The second-order valence-corrected chi connectivity index (χ2v) is 3.56. The molecule has 1 aromatic heterocycles. The van der Waals surface area contributed by atoms with E-state index in [1.54, 1.807) is 22.6 Å². The van der Waals surface area contributed by atoms with E-state index in [1.165, 1.54) is 0 Å². The lowest BCUT2D eigenvalue weighted by Gasteiger charge is -2.08. The molecular formula is C8H6F2IN3. The van der Waals surface area contributed by atoms with E-state index < -0.39 is 6.43 Å². The van der Waals surface area contributed by atoms with Gasteiger partial charge in [-0.3, -0.25) is 0 Å². The van der Waals surface area contributed by atoms with Crippen molar-refractivity contribution in [3.8, 4) is 6.07 Å². The summed E-state index contributed by atoms with van der Waals surface area (Å²) in [4.78, 5) is 3.82. The van der Waals surface area contributed by atoms with Crippen molar-refractivity contribution in [3.63, 3.8) is 0 Å². The molecule has 0 saturated heterocycles. The Balaban J connectivity index is 3.30. The first-order valence-corrected chi connectivity index (χ1v) is 4.74. The zero-order chi connectivity index (χ0) is 10.7. The molecule has 0 fully saturated rings. The van der Waals surface area contributed by atoms with Crippen LogP contribution in [0.4, 0.5) is 14.6 Å². The highest BCUT2D eigenvalue weighted by Gasteiger charge is 2.17. The molecule has 0 unspecified atom stereocenters. The van der Waals surface area contributed by atoms with Crippen LogP contribution in [0, 0.1) is 15.0 Å². The number of nitriles is 1. The second kappa shape index (κ2) is 4.50. The van der Waals surface area contributed by atoms with Gasteiger partial charge < -0.3 is 5.73 Å². The van der Waals surface area contributed by atoms with Crippen molar-refractivity contribution < 1.29 is 8.78 Å². The average Bonchev–Trinajstić information content (AvgIpc) is 2.09. The highest BCUT2D eigenvalue weighted by molar-refractivity contribution is 14.1. The summed E-state index contributed by atoms with van der Waals surface area (Å²) in [5.74, 6) is 0.0476. The van der Waals surface area contributed by atoms with Crippen LogP contribution in [-0.2, 0) is 6.42 Å². The van der Waals surface area contributed by atoms with Crippen LogP contribution in [0.2, 0.25) is 0 Å². The Bertz CT molecular complexity index is 387. The largest absolute Gasteiger partial charge is 0.384 e. The molecule has 0 bridgehead atoms. The molecule has 0 aliphatic heterocycles. The standard InChI is InChI=1S/C8H6F2IN3/c9-7(10)5-3-6(13)14-8(11)4(5)1-2-12/h3,7H,1H2,(H2,13,14). The zero-order valence-corrected chi connectivity index (χ0v) is 9.12. The van der Waals surface area contributed by atoms with Crippen LogP contribution in [0.15, 0.2) is 6.07 Å². The Hall–Kier alpha value is -0.970. The smallest absolute Gasteiger partial charge is 0.264 e. The Morgan fingerprint density at radius 2 is 2.29 bits per heavy atom. The van der Waals surface area contributed by atoms with Gasteiger partial charge in [0.1, 0.15) is 9.52 Å². The molecule has 3 nitrogen and oxygen atoms in total. The summed E-state index contributed by atoms with van der Waals surface area (Å²) < 4.78 is 25.4. The van der Waals surface area contributed by atoms with Gasteiger partial charge in [0.15, 0.2) is 0 Å². The van der Waals surface area contributed by atoms with Crippen molar-refractivity contribution in [2.45, 2.75) is 12.8 Å². The maximum atomic E-state index is 12.5. The van der Waals surface area contributed by atoms with Crippen LogP contribution in [0.3, 0.4) is 0 Å². The Kier molecular flexibility index (Phi) is 3.57. The minimum absolute atomic E-state index is 0.0476. The first-order chi connectivity index (χ1) is 6.56. The lowest BCUT2D eigenvalue weighted by atomic mass is 10.1. The summed E-state index contributed by atoms with van der Waals surface area (Å²) in [5.41, 5.74) is 5.39. The van der Waals surface area contributed by atoms with Crippen molar-refractivity contribution in [1.29, 1.82) is 5.26 Å². The number of alkyl halides is 2. The number of aromatic nitrogens is 1. The molecule has 0 saturated carbocycles. The van der Waals surface area contributed by atoms with Gasteiger partial charge in [-0.25, -0.2) is 13.8 Å². The monoisotopic (exact) mass is 309 g/mol. The summed E-state index contributed by atoms with van der Waals surface area (Å²) >= 11 is 1.79. The normalized spacial score (nSPS) is 10.2. The Morgan fingerprint density at radius 3 is 2.79 bits per heavy atom. The third kappa shape index (κ3) is 2.29. The van der Waals surface area contributed by atoms with Gasteiger partial charge in [-0.1, -0.05) is 0 Å². The fourth-order valence-electron chi connectivity index (χ4n) is 1.03. The van der Waals surface area contributed by atoms with Gasteiger partial charge >= 0.3 is 0 Å². The molecule has 14 heavy (non-hydrogen) atoms. The van der Waals surface area contributed by atoms with Gasteiger partial charge in [0.2, 0.25) is 0 Å². The van der Waals surface area contributed by atoms with E-state index in [4.69, 9.17) is 11.0 Å². The first kappa shape index (κ1) is 11.1. The molecule has 0 atom stereocenters. The van der Waals surface area contributed by atoms with Crippen molar-refractivity contribution in [1.82, 2.24) is 4.98 Å². The van der Waals surface area contributed by atoms with Crippen LogP contribution >= 0.6 is 22.6 Å². The van der Waals surface area contributed by atoms with Crippen LogP contribution in [-0.4, -0.2) is 4.98 Å². The summed E-state index contributed by atoms with van der Waals surface area (Å²) in [6.45, 7) is 0. The average molecular weight is 309 g/mol. The minimum atomic E-state index is -2.63. The molecule has 6 heteroatoms. The first-order valence-electron chi connectivity index (χ1n) is 3.66. The summed E-state index contributed by atoms with van der Waals surface area (Å²) in [6.07, 6.45) is -2.71. The molecule has 0 aliphatic carbocycles. The number of nitrogen functional groups attached to an aromatic ring is 1. The van der Waals surface area contributed by atoms with Crippen LogP contribution in [0.5, 0.6) is 0 Å². The molecule has 0 aromatic carbocycles. The second-order valence-electron chi connectivity index (χ2n) is 2.54. The third-order valence-corrected chi connectivity index (χ3v) is 2.51. The quantitative estimate of drug-likeness (QED) is 0.673. The number of nitrogens with zero attached hydrogens (tertiary/aromatic N) is 2. The number of hydrogen-bond acceptors (Lipinski definition) is 3. The highest BCUT2D eigenvalue weighted by atomic mass is 127. The van der Waals surface area contributed by atoms with E-state index in [0.717, 1.165) is 6.07 Å². The van der Waals surface area contributed by atoms with E-state index in [2.05, 4.69) is 4.98 Å². The van der Waals surface area contributed by atoms with Gasteiger partial charge in [0.25, 0.3) is 6.43 Å². The topological polar surface area (TPSA) is 62.7 Å². The maximum absolute atomic E-state index is 12.5. The van der Waals surface area contributed by atoms with Gasteiger partial charge in [-0.2, -0.15) is 5.26 Å². The Morgan fingerprint density at radius 1 is 1.64 bits per heavy atom. The van der Waals surface area contributed by atoms with Crippen LogP contribution in [0.25, 0.3) is 0 Å². The summed E-state index contributed by atoms with van der Waals surface area (Å²) in [6, 6.07) is 2.93. The molecule has 0 amide bonds.